The van der Waals surface area contributed by atoms with E-state index < -0.39 is 5.97 Å². The molecule has 2 N–H and O–H groups in total. The molecule has 0 aliphatic heterocycles. The van der Waals surface area contributed by atoms with E-state index in [0.717, 1.165) is 3.57 Å². The third kappa shape index (κ3) is 5.16. The van der Waals surface area contributed by atoms with E-state index >= 15 is 0 Å². The largest absolute Gasteiger partial charge is 0.481 e. The molecule has 0 spiro atoms. The SMILES string of the molecule is CC(CNC(=O)c1ccc(I)cc1)CC(=O)O. The molecule has 1 atom stereocenters. The summed E-state index contributed by atoms with van der Waals surface area (Å²) in [5.74, 6) is -1.08. The van der Waals surface area contributed by atoms with Crippen molar-refractivity contribution in [3.05, 3.63) is 33.4 Å². The molecule has 0 radical (unpaired) electrons. The first-order valence-corrected chi connectivity index (χ1v) is 6.32. The molecule has 0 bridgehead atoms. The maximum atomic E-state index is 11.7. The molecule has 92 valence electrons. The molecule has 1 unspecified atom stereocenters. The van der Waals surface area contributed by atoms with Crippen LogP contribution in [-0.4, -0.2) is 23.5 Å². The third-order valence-corrected chi connectivity index (χ3v) is 2.96. The molecule has 5 heteroatoms. The van der Waals surface area contributed by atoms with E-state index in [0.29, 0.717) is 12.1 Å². The van der Waals surface area contributed by atoms with Gasteiger partial charge in [-0.15, -0.1) is 0 Å². The summed E-state index contributed by atoms with van der Waals surface area (Å²) in [5.41, 5.74) is 0.591. The van der Waals surface area contributed by atoms with Gasteiger partial charge in [-0.2, -0.15) is 0 Å². The lowest BCUT2D eigenvalue weighted by Gasteiger charge is -2.10. The van der Waals surface area contributed by atoms with E-state index in [4.69, 9.17) is 5.11 Å². The predicted octanol–water partition coefficient (Wildman–Crippen LogP) is 2.13. The number of halogens is 1. The van der Waals surface area contributed by atoms with Gasteiger partial charge in [0.1, 0.15) is 0 Å². The first kappa shape index (κ1) is 14.0. The average molecular weight is 347 g/mol. The van der Waals surface area contributed by atoms with Gasteiger partial charge in [0.2, 0.25) is 0 Å². The Labute approximate surface area is 114 Å². The zero-order valence-electron chi connectivity index (χ0n) is 9.44. The number of carbonyl (C=O) groups excluding carboxylic acids is 1. The van der Waals surface area contributed by atoms with Gasteiger partial charge >= 0.3 is 5.97 Å². The third-order valence-electron chi connectivity index (χ3n) is 2.24. The van der Waals surface area contributed by atoms with E-state index in [1.807, 2.05) is 12.1 Å². The Kier molecular flexibility index (Phi) is 5.40. The van der Waals surface area contributed by atoms with Crippen LogP contribution in [0.15, 0.2) is 24.3 Å². The highest BCUT2D eigenvalue weighted by Gasteiger charge is 2.10. The summed E-state index contributed by atoms with van der Waals surface area (Å²) in [5, 5.41) is 11.3. The van der Waals surface area contributed by atoms with Crippen LogP contribution in [0.1, 0.15) is 23.7 Å². The van der Waals surface area contributed by atoms with E-state index in [9.17, 15) is 9.59 Å². The maximum absolute atomic E-state index is 11.7. The van der Waals surface area contributed by atoms with E-state index in [-0.39, 0.29) is 18.2 Å². The van der Waals surface area contributed by atoms with Crippen LogP contribution >= 0.6 is 22.6 Å². The molecular weight excluding hydrogens is 333 g/mol. The highest BCUT2D eigenvalue weighted by Crippen LogP contribution is 2.07. The maximum Gasteiger partial charge on any atom is 0.303 e. The number of rotatable bonds is 5. The van der Waals surface area contributed by atoms with Crippen molar-refractivity contribution in [1.82, 2.24) is 5.32 Å². The lowest BCUT2D eigenvalue weighted by Crippen LogP contribution is -2.29. The predicted molar refractivity (Wildman–Crippen MR) is 72.9 cm³/mol. The van der Waals surface area contributed by atoms with Crippen molar-refractivity contribution in [3.8, 4) is 0 Å². The summed E-state index contributed by atoms with van der Waals surface area (Å²) in [6, 6.07) is 7.21. The second kappa shape index (κ2) is 6.58. The zero-order valence-corrected chi connectivity index (χ0v) is 11.6. The van der Waals surface area contributed by atoms with Gasteiger partial charge < -0.3 is 10.4 Å². The van der Waals surface area contributed by atoms with Crippen LogP contribution in [0.4, 0.5) is 0 Å². The van der Waals surface area contributed by atoms with Crippen LogP contribution in [-0.2, 0) is 4.79 Å². The molecule has 17 heavy (non-hydrogen) atoms. The van der Waals surface area contributed by atoms with Gasteiger partial charge in [0, 0.05) is 22.1 Å². The van der Waals surface area contributed by atoms with Crippen LogP contribution in [0.3, 0.4) is 0 Å². The Balaban J connectivity index is 2.44. The van der Waals surface area contributed by atoms with E-state index in [1.54, 1.807) is 19.1 Å². The molecule has 0 fully saturated rings. The molecule has 1 aromatic rings. The summed E-state index contributed by atoms with van der Waals surface area (Å²) in [7, 11) is 0. The molecule has 0 heterocycles. The number of amides is 1. The number of carboxylic acids is 1. The number of hydrogen-bond acceptors (Lipinski definition) is 2. The van der Waals surface area contributed by atoms with Gasteiger partial charge in [0.05, 0.1) is 0 Å². The van der Waals surface area contributed by atoms with Crippen LogP contribution in [0.5, 0.6) is 0 Å². The van der Waals surface area contributed by atoms with Gasteiger partial charge in [0.15, 0.2) is 0 Å². The van der Waals surface area contributed by atoms with Gasteiger partial charge in [-0.25, -0.2) is 0 Å². The first-order valence-electron chi connectivity index (χ1n) is 5.24. The van der Waals surface area contributed by atoms with Gasteiger partial charge in [-0.1, -0.05) is 6.92 Å². The van der Waals surface area contributed by atoms with Gasteiger partial charge in [-0.05, 0) is 52.8 Å². The summed E-state index contributed by atoms with van der Waals surface area (Å²) in [4.78, 5) is 22.1. The fourth-order valence-corrected chi connectivity index (χ4v) is 1.70. The molecule has 1 amide bonds. The fraction of sp³-hybridized carbons (Fsp3) is 0.333. The van der Waals surface area contributed by atoms with Crippen LogP contribution in [0, 0.1) is 9.49 Å². The normalized spacial score (nSPS) is 11.9. The van der Waals surface area contributed by atoms with Crippen molar-refractivity contribution in [3.63, 3.8) is 0 Å². The van der Waals surface area contributed by atoms with Crippen molar-refractivity contribution >= 4 is 34.5 Å². The fourth-order valence-electron chi connectivity index (χ4n) is 1.34. The summed E-state index contributed by atoms with van der Waals surface area (Å²) in [6.45, 7) is 2.17. The van der Waals surface area contributed by atoms with Crippen molar-refractivity contribution in [2.75, 3.05) is 6.54 Å². The van der Waals surface area contributed by atoms with Gasteiger partial charge in [0.25, 0.3) is 5.91 Å². The molecule has 0 saturated heterocycles. The molecule has 0 saturated carbocycles. The highest BCUT2D eigenvalue weighted by molar-refractivity contribution is 14.1. The van der Waals surface area contributed by atoms with Gasteiger partial charge in [-0.3, -0.25) is 9.59 Å². The molecular formula is C12H14INO3. The Hall–Kier alpha value is -1.11. The lowest BCUT2D eigenvalue weighted by molar-refractivity contribution is -0.137. The van der Waals surface area contributed by atoms with E-state index in [2.05, 4.69) is 27.9 Å². The smallest absolute Gasteiger partial charge is 0.303 e. The van der Waals surface area contributed by atoms with Crippen molar-refractivity contribution in [1.29, 1.82) is 0 Å². The average Bonchev–Trinajstić information content (AvgIpc) is 2.26. The quantitative estimate of drug-likeness (QED) is 0.802. The summed E-state index contributed by atoms with van der Waals surface area (Å²) < 4.78 is 1.07. The Morgan fingerprint density at radius 2 is 1.94 bits per heavy atom. The van der Waals surface area contributed by atoms with Crippen LogP contribution in [0.25, 0.3) is 0 Å². The molecule has 1 aromatic carbocycles. The number of aliphatic carboxylic acids is 1. The molecule has 0 aromatic heterocycles. The van der Waals surface area contributed by atoms with Crippen molar-refractivity contribution in [2.24, 2.45) is 5.92 Å². The number of carboxylic acid groups (broad SMARTS) is 1. The zero-order chi connectivity index (χ0) is 12.8. The minimum atomic E-state index is -0.846. The summed E-state index contributed by atoms with van der Waals surface area (Å²) in [6.07, 6.45) is 0.0625. The molecule has 0 aliphatic carbocycles. The summed E-state index contributed by atoms with van der Waals surface area (Å²) >= 11 is 2.17. The van der Waals surface area contributed by atoms with Crippen LogP contribution < -0.4 is 5.32 Å². The second-order valence-electron chi connectivity index (χ2n) is 3.92. The second-order valence-corrected chi connectivity index (χ2v) is 5.17. The number of benzene rings is 1. The number of hydrogen-bond donors (Lipinski definition) is 2. The Bertz CT molecular complexity index is 403. The number of carbonyl (C=O) groups is 2. The Morgan fingerprint density at radius 1 is 1.35 bits per heavy atom. The van der Waals surface area contributed by atoms with Crippen LogP contribution in [0.2, 0.25) is 0 Å². The van der Waals surface area contributed by atoms with E-state index in [1.165, 1.54) is 0 Å². The highest BCUT2D eigenvalue weighted by atomic mass is 127. The molecule has 4 nitrogen and oxygen atoms in total. The minimum Gasteiger partial charge on any atom is -0.481 e. The minimum absolute atomic E-state index is 0.0625. The Morgan fingerprint density at radius 3 is 2.47 bits per heavy atom. The first-order chi connectivity index (χ1) is 7.99. The molecule has 0 aliphatic rings. The lowest BCUT2D eigenvalue weighted by atomic mass is 10.1. The monoisotopic (exact) mass is 347 g/mol. The number of nitrogens with one attached hydrogen (secondary N) is 1. The topological polar surface area (TPSA) is 66.4 Å². The molecule has 1 rings (SSSR count). The standard InChI is InChI=1S/C12H14INO3/c1-8(6-11(15)16)7-14-12(17)9-2-4-10(13)5-3-9/h2-5,8H,6-7H2,1H3,(H,14,17)(H,15,16). The van der Waals surface area contributed by atoms with Crippen molar-refractivity contribution in [2.45, 2.75) is 13.3 Å². The van der Waals surface area contributed by atoms with Crippen molar-refractivity contribution < 1.29 is 14.7 Å².